The van der Waals surface area contributed by atoms with E-state index in [1.54, 1.807) is 18.2 Å². The van der Waals surface area contributed by atoms with Gasteiger partial charge in [-0.25, -0.2) is 22.8 Å². The number of rotatable bonds is 9. The summed E-state index contributed by atoms with van der Waals surface area (Å²) in [4.78, 5) is 8.54. The predicted octanol–water partition coefficient (Wildman–Crippen LogP) is 5.75. The second-order valence-electron chi connectivity index (χ2n) is 8.42. The van der Waals surface area contributed by atoms with Crippen LogP contribution in [-0.4, -0.2) is 23.6 Å². The van der Waals surface area contributed by atoms with Gasteiger partial charge < -0.3 is 5.32 Å². The minimum absolute atomic E-state index is 0.0203. The van der Waals surface area contributed by atoms with Crippen molar-refractivity contribution in [2.45, 2.75) is 57.0 Å². The average Bonchev–Trinajstić information content (AvgIpc) is 3.61. The molecular weight excluding hydrogens is 425 g/mol. The molecule has 0 amide bonds. The standard InChI is InChI=1S/C25H28FN3O2S/c1-3-4-8-19-9-6-11-22(17(19)2)24-23(26)15-27-25(29-24)28-20-10-5-7-18(14-20)16-32(30,31)21-12-13-21/h5-7,9-11,14-15,21H,3-4,8,12-13,16H2,1-2H3,(H,27,28,29). The Hall–Kier alpha value is -2.80. The fraction of sp³-hybridized carbons (Fsp3) is 0.360. The summed E-state index contributed by atoms with van der Waals surface area (Å²) in [6.07, 6.45) is 5.81. The van der Waals surface area contributed by atoms with Crippen LogP contribution in [0.2, 0.25) is 0 Å². The van der Waals surface area contributed by atoms with Crippen LogP contribution in [0.25, 0.3) is 11.3 Å². The van der Waals surface area contributed by atoms with E-state index in [9.17, 15) is 12.8 Å². The first kappa shape index (κ1) is 22.4. The zero-order valence-corrected chi connectivity index (χ0v) is 19.3. The Bertz CT molecular complexity index is 1220. The molecule has 1 aliphatic carbocycles. The summed E-state index contributed by atoms with van der Waals surface area (Å²) in [7, 11) is -3.10. The lowest BCUT2D eigenvalue weighted by Crippen LogP contribution is -2.10. The second kappa shape index (κ2) is 9.36. The van der Waals surface area contributed by atoms with Crippen molar-refractivity contribution >= 4 is 21.5 Å². The Morgan fingerprint density at radius 2 is 1.94 bits per heavy atom. The first-order chi connectivity index (χ1) is 15.4. The lowest BCUT2D eigenvalue weighted by molar-refractivity contribution is 0.594. The van der Waals surface area contributed by atoms with Crippen LogP contribution in [0.1, 0.15) is 49.3 Å². The largest absolute Gasteiger partial charge is 0.324 e. The number of unbranched alkanes of at least 4 members (excludes halogenated alkanes) is 1. The Labute approximate surface area is 189 Å². The van der Waals surface area contributed by atoms with Gasteiger partial charge in [-0.1, -0.05) is 43.7 Å². The Balaban J connectivity index is 1.58. The molecule has 1 saturated carbocycles. The molecule has 1 N–H and O–H groups in total. The normalized spacial score (nSPS) is 13.8. The van der Waals surface area contributed by atoms with Crippen molar-refractivity contribution in [2.24, 2.45) is 0 Å². The van der Waals surface area contributed by atoms with Gasteiger partial charge in [0.05, 0.1) is 17.2 Å². The molecule has 168 valence electrons. The van der Waals surface area contributed by atoms with E-state index in [-0.39, 0.29) is 22.6 Å². The van der Waals surface area contributed by atoms with Crippen molar-refractivity contribution in [1.82, 2.24) is 9.97 Å². The van der Waals surface area contributed by atoms with Crippen LogP contribution in [0.4, 0.5) is 16.0 Å². The maximum absolute atomic E-state index is 14.7. The minimum atomic E-state index is -3.10. The molecule has 32 heavy (non-hydrogen) atoms. The highest BCUT2D eigenvalue weighted by Crippen LogP contribution is 2.32. The number of aryl methyl sites for hydroxylation is 1. The smallest absolute Gasteiger partial charge is 0.227 e. The molecule has 0 atom stereocenters. The minimum Gasteiger partial charge on any atom is -0.324 e. The summed E-state index contributed by atoms with van der Waals surface area (Å²) in [6, 6.07) is 13.1. The van der Waals surface area contributed by atoms with Crippen molar-refractivity contribution in [2.75, 3.05) is 5.32 Å². The zero-order chi connectivity index (χ0) is 22.7. The zero-order valence-electron chi connectivity index (χ0n) is 18.4. The van der Waals surface area contributed by atoms with E-state index in [1.165, 1.54) is 11.8 Å². The molecule has 0 saturated heterocycles. The molecule has 0 spiro atoms. The number of nitrogens with zero attached hydrogens (tertiary/aromatic N) is 2. The van der Waals surface area contributed by atoms with Crippen molar-refractivity contribution < 1.29 is 12.8 Å². The fourth-order valence-electron chi connectivity index (χ4n) is 3.84. The molecule has 0 bridgehead atoms. The van der Waals surface area contributed by atoms with Crippen molar-refractivity contribution in [3.05, 3.63) is 71.2 Å². The third kappa shape index (κ3) is 5.15. The third-order valence-electron chi connectivity index (χ3n) is 5.83. The predicted molar refractivity (Wildman–Crippen MR) is 126 cm³/mol. The molecular formula is C25H28FN3O2S. The Morgan fingerprint density at radius 3 is 2.69 bits per heavy atom. The van der Waals surface area contributed by atoms with E-state index < -0.39 is 15.7 Å². The summed E-state index contributed by atoms with van der Waals surface area (Å²) in [6.45, 7) is 4.15. The lowest BCUT2D eigenvalue weighted by Gasteiger charge is -2.13. The van der Waals surface area contributed by atoms with E-state index in [0.717, 1.165) is 43.2 Å². The van der Waals surface area contributed by atoms with Crippen molar-refractivity contribution in [3.63, 3.8) is 0 Å². The quantitative estimate of drug-likeness (QED) is 0.446. The molecule has 1 heterocycles. The van der Waals surface area contributed by atoms with Crippen LogP contribution in [0.15, 0.2) is 48.7 Å². The lowest BCUT2D eigenvalue weighted by atomic mass is 9.96. The molecule has 1 fully saturated rings. The monoisotopic (exact) mass is 453 g/mol. The van der Waals surface area contributed by atoms with Crippen LogP contribution in [0.3, 0.4) is 0 Å². The van der Waals surface area contributed by atoms with E-state index in [1.807, 2.05) is 25.1 Å². The first-order valence-corrected chi connectivity index (χ1v) is 12.8. The number of hydrogen-bond acceptors (Lipinski definition) is 5. The van der Waals surface area contributed by atoms with Crippen LogP contribution in [-0.2, 0) is 22.0 Å². The third-order valence-corrected chi connectivity index (χ3v) is 8.05. The number of benzene rings is 2. The highest BCUT2D eigenvalue weighted by Gasteiger charge is 2.35. The number of nitrogens with one attached hydrogen (secondary N) is 1. The molecule has 4 rings (SSSR count). The molecule has 5 nitrogen and oxygen atoms in total. The van der Waals surface area contributed by atoms with Gasteiger partial charge in [0, 0.05) is 11.3 Å². The van der Waals surface area contributed by atoms with E-state index in [4.69, 9.17) is 0 Å². The summed E-state index contributed by atoms with van der Waals surface area (Å²) in [5.74, 6) is -0.190. The molecule has 0 radical (unpaired) electrons. The SMILES string of the molecule is CCCCc1cccc(-c2nc(Nc3cccc(CS(=O)(=O)C4CC4)c3)ncc2F)c1C. The van der Waals surface area contributed by atoms with Gasteiger partial charge >= 0.3 is 0 Å². The van der Waals surface area contributed by atoms with Crippen LogP contribution in [0, 0.1) is 12.7 Å². The van der Waals surface area contributed by atoms with Gasteiger partial charge in [0.1, 0.15) is 5.69 Å². The topological polar surface area (TPSA) is 72.0 Å². The second-order valence-corrected chi connectivity index (χ2v) is 10.7. The van der Waals surface area contributed by atoms with Gasteiger partial charge in [-0.15, -0.1) is 0 Å². The summed E-state index contributed by atoms with van der Waals surface area (Å²) < 4.78 is 39.3. The average molecular weight is 454 g/mol. The van der Waals surface area contributed by atoms with E-state index in [2.05, 4.69) is 28.3 Å². The summed E-state index contributed by atoms with van der Waals surface area (Å²) in [5, 5.41) is 2.90. The van der Waals surface area contributed by atoms with Gasteiger partial charge in [-0.05, 0) is 61.4 Å². The molecule has 3 aromatic rings. The van der Waals surface area contributed by atoms with Gasteiger partial charge in [-0.2, -0.15) is 0 Å². The van der Waals surface area contributed by atoms with Gasteiger partial charge in [0.15, 0.2) is 15.7 Å². The number of hydrogen-bond donors (Lipinski definition) is 1. The highest BCUT2D eigenvalue weighted by molar-refractivity contribution is 7.91. The number of sulfone groups is 1. The first-order valence-electron chi connectivity index (χ1n) is 11.1. The maximum atomic E-state index is 14.7. The molecule has 1 aliphatic rings. The van der Waals surface area contributed by atoms with E-state index in [0.29, 0.717) is 11.3 Å². The van der Waals surface area contributed by atoms with Crippen LogP contribution < -0.4 is 5.32 Å². The number of halogens is 1. The Morgan fingerprint density at radius 1 is 1.16 bits per heavy atom. The van der Waals surface area contributed by atoms with Crippen LogP contribution in [0.5, 0.6) is 0 Å². The van der Waals surface area contributed by atoms with Crippen molar-refractivity contribution in [1.29, 1.82) is 0 Å². The molecule has 0 unspecified atom stereocenters. The number of anilines is 2. The van der Waals surface area contributed by atoms with Gasteiger partial charge in [-0.3, -0.25) is 0 Å². The summed E-state index contributed by atoms with van der Waals surface area (Å²) >= 11 is 0. The molecule has 7 heteroatoms. The molecule has 1 aromatic heterocycles. The number of aromatic nitrogens is 2. The van der Waals surface area contributed by atoms with Crippen molar-refractivity contribution in [3.8, 4) is 11.3 Å². The van der Waals surface area contributed by atoms with E-state index >= 15 is 0 Å². The Kier molecular flexibility index (Phi) is 6.55. The molecule has 2 aromatic carbocycles. The highest BCUT2D eigenvalue weighted by atomic mass is 32.2. The maximum Gasteiger partial charge on any atom is 0.227 e. The molecule has 0 aliphatic heterocycles. The van der Waals surface area contributed by atoms with Gasteiger partial charge in [0.2, 0.25) is 5.95 Å². The van der Waals surface area contributed by atoms with Crippen LogP contribution >= 0.6 is 0 Å². The summed E-state index contributed by atoms with van der Waals surface area (Å²) in [5.41, 5.74) is 4.61. The fourth-order valence-corrected chi connectivity index (χ4v) is 5.57. The van der Waals surface area contributed by atoms with Gasteiger partial charge in [0.25, 0.3) is 0 Å².